The van der Waals surface area contributed by atoms with Crippen LogP contribution in [-0.2, 0) is 9.53 Å². The minimum Gasteiger partial charge on any atom is -0.375 e. The molecule has 0 aromatic rings. The number of carbonyl (C=O) groups is 1. The molecule has 2 unspecified atom stereocenters. The zero-order chi connectivity index (χ0) is 14.6. The Kier molecular flexibility index (Phi) is 5.44. The first-order chi connectivity index (χ1) is 9.65. The molecule has 2 rings (SSSR count). The summed E-state index contributed by atoms with van der Waals surface area (Å²) < 4.78 is 6.02. The van der Waals surface area contributed by atoms with Gasteiger partial charge in [0.05, 0.1) is 18.3 Å². The number of amides is 1. The molecular formula is C16H30N2O2. The first kappa shape index (κ1) is 15.8. The van der Waals surface area contributed by atoms with Crippen LogP contribution < -0.4 is 5.32 Å². The van der Waals surface area contributed by atoms with Crippen LogP contribution in [0.25, 0.3) is 0 Å². The van der Waals surface area contributed by atoms with Crippen LogP contribution >= 0.6 is 0 Å². The third-order valence-corrected chi connectivity index (χ3v) is 5.13. The van der Waals surface area contributed by atoms with Gasteiger partial charge >= 0.3 is 0 Å². The molecule has 2 fully saturated rings. The van der Waals surface area contributed by atoms with Crippen molar-refractivity contribution in [3.8, 4) is 0 Å². The van der Waals surface area contributed by atoms with E-state index in [1.807, 2.05) is 0 Å². The average Bonchev–Trinajstić information content (AvgIpc) is 2.86. The monoisotopic (exact) mass is 282 g/mol. The average molecular weight is 282 g/mol. The molecule has 4 heteroatoms. The minimum absolute atomic E-state index is 0.00922. The van der Waals surface area contributed by atoms with Crippen molar-refractivity contribution in [1.82, 2.24) is 10.2 Å². The number of nitrogens with zero attached hydrogens (tertiary/aromatic N) is 1. The Balaban J connectivity index is 1.96. The highest BCUT2D eigenvalue weighted by Crippen LogP contribution is 2.34. The van der Waals surface area contributed by atoms with E-state index in [1.54, 1.807) is 0 Å². The molecule has 0 spiro atoms. The molecule has 0 aliphatic carbocycles. The van der Waals surface area contributed by atoms with E-state index in [0.29, 0.717) is 11.9 Å². The first-order valence-corrected chi connectivity index (χ1v) is 8.33. The molecule has 2 atom stereocenters. The van der Waals surface area contributed by atoms with E-state index in [0.717, 1.165) is 58.2 Å². The molecule has 1 N–H and O–H groups in total. The van der Waals surface area contributed by atoms with Gasteiger partial charge in [-0.3, -0.25) is 10.1 Å². The van der Waals surface area contributed by atoms with Crippen molar-refractivity contribution in [2.45, 2.75) is 83.4 Å². The van der Waals surface area contributed by atoms with Crippen LogP contribution in [0.4, 0.5) is 0 Å². The van der Waals surface area contributed by atoms with Crippen LogP contribution in [0.5, 0.6) is 0 Å². The van der Waals surface area contributed by atoms with Crippen LogP contribution in [0.3, 0.4) is 0 Å². The first-order valence-electron chi connectivity index (χ1n) is 8.33. The zero-order valence-electron chi connectivity index (χ0n) is 13.3. The van der Waals surface area contributed by atoms with E-state index in [1.165, 1.54) is 0 Å². The molecule has 0 bridgehead atoms. The summed E-state index contributed by atoms with van der Waals surface area (Å²) in [5.74, 6) is 0.312. The topological polar surface area (TPSA) is 41.6 Å². The van der Waals surface area contributed by atoms with Crippen molar-refractivity contribution < 1.29 is 9.53 Å². The Morgan fingerprint density at radius 3 is 2.75 bits per heavy atom. The van der Waals surface area contributed by atoms with Crippen LogP contribution in [-0.4, -0.2) is 41.8 Å². The lowest BCUT2D eigenvalue weighted by Gasteiger charge is -2.43. The Morgan fingerprint density at radius 2 is 2.10 bits per heavy atom. The van der Waals surface area contributed by atoms with Gasteiger partial charge in [0.1, 0.15) is 0 Å². The molecule has 2 aliphatic heterocycles. The third kappa shape index (κ3) is 3.17. The van der Waals surface area contributed by atoms with Gasteiger partial charge in [-0.1, -0.05) is 33.6 Å². The number of unbranched alkanes of at least 4 members (excludes halogenated alkanes) is 1. The van der Waals surface area contributed by atoms with Gasteiger partial charge in [-0.2, -0.15) is 0 Å². The SMILES string of the molecule is CCCCC1NCN(C2CCOC(CC)(CC)C2)C1=O. The number of ether oxygens (including phenoxy) is 1. The molecule has 4 nitrogen and oxygen atoms in total. The minimum atomic E-state index is -0.00922. The maximum Gasteiger partial charge on any atom is 0.241 e. The van der Waals surface area contributed by atoms with Gasteiger partial charge < -0.3 is 9.64 Å². The highest BCUT2D eigenvalue weighted by molar-refractivity contribution is 5.84. The standard InChI is InChI=1S/C16H30N2O2/c1-4-7-8-14-15(19)18(12-17-14)13-9-10-20-16(5-2,6-3)11-13/h13-14,17H,4-12H2,1-3H3. The van der Waals surface area contributed by atoms with Crippen molar-refractivity contribution in [3.05, 3.63) is 0 Å². The predicted octanol–water partition coefficient (Wildman–Crippen LogP) is 2.67. The van der Waals surface area contributed by atoms with Gasteiger partial charge in [0.25, 0.3) is 0 Å². The molecule has 116 valence electrons. The lowest BCUT2D eigenvalue weighted by atomic mass is 9.85. The normalized spacial score (nSPS) is 29.9. The number of hydrogen-bond acceptors (Lipinski definition) is 3. The number of hydrogen-bond donors (Lipinski definition) is 1. The fourth-order valence-corrected chi connectivity index (χ4v) is 3.53. The second-order valence-corrected chi connectivity index (χ2v) is 6.25. The van der Waals surface area contributed by atoms with Gasteiger partial charge in [-0.25, -0.2) is 0 Å². The van der Waals surface area contributed by atoms with Crippen LogP contribution in [0.1, 0.15) is 65.7 Å². The Hall–Kier alpha value is -0.610. The summed E-state index contributed by atoms with van der Waals surface area (Å²) in [7, 11) is 0. The summed E-state index contributed by atoms with van der Waals surface area (Å²) in [5.41, 5.74) is -0.00922. The van der Waals surface area contributed by atoms with E-state index in [9.17, 15) is 4.79 Å². The molecule has 20 heavy (non-hydrogen) atoms. The van der Waals surface area contributed by atoms with Gasteiger partial charge in [0.15, 0.2) is 0 Å². The fraction of sp³-hybridized carbons (Fsp3) is 0.938. The second kappa shape index (κ2) is 6.90. The van der Waals surface area contributed by atoms with Gasteiger partial charge in [-0.05, 0) is 32.1 Å². The molecule has 0 saturated carbocycles. The zero-order valence-corrected chi connectivity index (χ0v) is 13.3. The molecule has 2 saturated heterocycles. The van der Waals surface area contributed by atoms with Crippen molar-refractivity contribution >= 4 is 5.91 Å². The van der Waals surface area contributed by atoms with E-state index >= 15 is 0 Å². The van der Waals surface area contributed by atoms with Crippen LogP contribution in [0.15, 0.2) is 0 Å². The summed E-state index contributed by atoms with van der Waals surface area (Å²) in [4.78, 5) is 14.6. The highest BCUT2D eigenvalue weighted by atomic mass is 16.5. The number of rotatable bonds is 6. The summed E-state index contributed by atoms with van der Waals surface area (Å²) >= 11 is 0. The maximum atomic E-state index is 12.5. The summed E-state index contributed by atoms with van der Waals surface area (Å²) in [6.07, 6.45) is 7.30. The van der Waals surface area contributed by atoms with Gasteiger partial charge in [0, 0.05) is 12.6 Å². The number of carbonyl (C=O) groups excluding carboxylic acids is 1. The predicted molar refractivity (Wildman–Crippen MR) is 80.4 cm³/mol. The van der Waals surface area contributed by atoms with Crippen LogP contribution in [0, 0.1) is 0 Å². The number of nitrogens with one attached hydrogen (secondary N) is 1. The summed E-state index contributed by atoms with van der Waals surface area (Å²) in [5, 5.41) is 3.39. The van der Waals surface area contributed by atoms with Crippen molar-refractivity contribution in [1.29, 1.82) is 0 Å². The Morgan fingerprint density at radius 1 is 1.35 bits per heavy atom. The van der Waals surface area contributed by atoms with E-state index in [2.05, 4.69) is 31.0 Å². The largest absolute Gasteiger partial charge is 0.375 e. The molecule has 2 aliphatic rings. The smallest absolute Gasteiger partial charge is 0.241 e. The van der Waals surface area contributed by atoms with Crippen LogP contribution in [0.2, 0.25) is 0 Å². The Bertz CT molecular complexity index is 328. The summed E-state index contributed by atoms with van der Waals surface area (Å²) in [6.45, 7) is 8.07. The highest BCUT2D eigenvalue weighted by Gasteiger charge is 2.41. The third-order valence-electron chi connectivity index (χ3n) is 5.13. The van der Waals surface area contributed by atoms with Crippen molar-refractivity contribution in [2.24, 2.45) is 0 Å². The molecular weight excluding hydrogens is 252 g/mol. The van der Waals surface area contributed by atoms with Gasteiger partial charge in [0.2, 0.25) is 5.91 Å². The molecule has 0 aromatic heterocycles. The fourth-order valence-electron chi connectivity index (χ4n) is 3.53. The Labute approximate surface area is 123 Å². The molecule has 1 amide bonds. The van der Waals surface area contributed by atoms with E-state index in [-0.39, 0.29) is 11.6 Å². The van der Waals surface area contributed by atoms with Crippen molar-refractivity contribution in [3.63, 3.8) is 0 Å². The van der Waals surface area contributed by atoms with E-state index in [4.69, 9.17) is 4.74 Å². The molecule has 0 radical (unpaired) electrons. The molecule has 2 heterocycles. The van der Waals surface area contributed by atoms with Crippen molar-refractivity contribution in [2.75, 3.05) is 13.3 Å². The molecule has 0 aromatic carbocycles. The van der Waals surface area contributed by atoms with Gasteiger partial charge in [-0.15, -0.1) is 0 Å². The lowest BCUT2D eigenvalue weighted by Crippen LogP contribution is -2.49. The summed E-state index contributed by atoms with van der Waals surface area (Å²) in [6, 6.07) is 0.408. The quantitative estimate of drug-likeness (QED) is 0.814. The lowest BCUT2D eigenvalue weighted by molar-refractivity contribution is -0.140. The second-order valence-electron chi connectivity index (χ2n) is 6.25. The maximum absolute atomic E-state index is 12.5. The van der Waals surface area contributed by atoms with E-state index < -0.39 is 0 Å².